The van der Waals surface area contributed by atoms with E-state index in [2.05, 4.69) is 44.6 Å². The lowest BCUT2D eigenvalue weighted by atomic mass is 9.92. The van der Waals surface area contributed by atoms with Crippen molar-refractivity contribution < 1.29 is 0 Å². The molecule has 3 heteroatoms. The summed E-state index contributed by atoms with van der Waals surface area (Å²) in [6, 6.07) is 1.87. The van der Waals surface area contributed by atoms with E-state index in [0.717, 1.165) is 24.4 Å². The van der Waals surface area contributed by atoms with Gasteiger partial charge in [0, 0.05) is 17.9 Å². The molecule has 3 nitrogen and oxygen atoms in total. The Bertz CT molecular complexity index is 351. The third kappa shape index (κ3) is 3.80. The van der Waals surface area contributed by atoms with Gasteiger partial charge in [-0.15, -0.1) is 0 Å². The van der Waals surface area contributed by atoms with Crippen molar-refractivity contribution in [3.63, 3.8) is 0 Å². The van der Waals surface area contributed by atoms with Crippen LogP contribution in [0.5, 0.6) is 0 Å². The molecule has 0 aliphatic heterocycles. The van der Waals surface area contributed by atoms with E-state index < -0.39 is 0 Å². The maximum Gasteiger partial charge on any atom is 0.131 e. The SMILES string of the molecule is CC(C)CCc1nc(N)cc(C(C)(C)C)n1. The first kappa shape index (κ1) is 12.9. The zero-order valence-corrected chi connectivity index (χ0v) is 11.0. The Morgan fingerprint density at radius 3 is 2.38 bits per heavy atom. The zero-order valence-electron chi connectivity index (χ0n) is 11.0. The van der Waals surface area contributed by atoms with E-state index in [0.29, 0.717) is 11.7 Å². The van der Waals surface area contributed by atoms with Gasteiger partial charge in [0.25, 0.3) is 0 Å². The molecule has 0 unspecified atom stereocenters. The summed E-state index contributed by atoms with van der Waals surface area (Å²) in [4.78, 5) is 8.87. The van der Waals surface area contributed by atoms with Crippen LogP contribution in [0.1, 0.15) is 52.6 Å². The van der Waals surface area contributed by atoms with Crippen LogP contribution in [0.3, 0.4) is 0 Å². The van der Waals surface area contributed by atoms with Gasteiger partial charge in [0.2, 0.25) is 0 Å². The minimum atomic E-state index is 0.0314. The fourth-order valence-corrected chi connectivity index (χ4v) is 1.43. The fourth-order valence-electron chi connectivity index (χ4n) is 1.43. The minimum Gasteiger partial charge on any atom is -0.384 e. The van der Waals surface area contributed by atoms with Crippen LogP contribution in [0.2, 0.25) is 0 Å². The number of hydrogen-bond acceptors (Lipinski definition) is 3. The van der Waals surface area contributed by atoms with Crippen LogP contribution in [-0.4, -0.2) is 9.97 Å². The quantitative estimate of drug-likeness (QED) is 0.853. The lowest BCUT2D eigenvalue weighted by molar-refractivity contribution is 0.546. The summed E-state index contributed by atoms with van der Waals surface area (Å²) >= 11 is 0. The van der Waals surface area contributed by atoms with E-state index in [1.807, 2.05) is 6.07 Å². The standard InChI is InChI=1S/C13H23N3/c1-9(2)6-7-12-15-10(13(3,4)5)8-11(14)16-12/h8-9H,6-7H2,1-5H3,(H2,14,15,16). The van der Waals surface area contributed by atoms with E-state index in [-0.39, 0.29) is 5.41 Å². The van der Waals surface area contributed by atoms with Crippen molar-refractivity contribution in [2.45, 2.75) is 52.9 Å². The number of anilines is 1. The van der Waals surface area contributed by atoms with Gasteiger partial charge in [0.1, 0.15) is 11.6 Å². The molecule has 0 saturated carbocycles. The van der Waals surface area contributed by atoms with Gasteiger partial charge in [-0.1, -0.05) is 34.6 Å². The smallest absolute Gasteiger partial charge is 0.131 e. The predicted molar refractivity (Wildman–Crippen MR) is 68.3 cm³/mol. The fraction of sp³-hybridized carbons (Fsp3) is 0.692. The summed E-state index contributed by atoms with van der Waals surface area (Å²) in [5.41, 5.74) is 6.87. The Morgan fingerprint density at radius 1 is 1.25 bits per heavy atom. The first-order valence-corrected chi connectivity index (χ1v) is 5.93. The average Bonchev–Trinajstić information content (AvgIpc) is 2.12. The molecule has 1 heterocycles. The number of nitrogens with two attached hydrogens (primary N) is 1. The molecule has 16 heavy (non-hydrogen) atoms. The van der Waals surface area contributed by atoms with Crippen molar-refractivity contribution in [1.82, 2.24) is 9.97 Å². The third-order valence-electron chi connectivity index (χ3n) is 2.51. The largest absolute Gasteiger partial charge is 0.384 e. The molecule has 1 rings (SSSR count). The normalized spacial score (nSPS) is 12.1. The Balaban J connectivity index is 2.90. The molecular formula is C13H23N3. The summed E-state index contributed by atoms with van der Waals surface area (Å²) < 4.78 is 0. The number of rotatable bonds is 3. The maximum atomic E-state index is 5.81. The minimum absolute atomic E-state index is 0.0314. The number of nitrogen functional groups attached to an aromatic ring is 1. The highest BCUT2D eigenvalue weighted by Crippen LogP contribution is 2.21. The summed E-state index contributed by atoms with van der Waals surface area (Å²) in [6.45, 7) is 10.8. The van der Waals surface area contributed by atoms with Crippen LogP contribution in [0.15, 0.2) is 6.07 Å². The maximum absolute atomic E-state index is 5.81. The monoisotopic (exact) mass is 221 g/mol. The molecule has 0 saturated heterocycles. The summed E-state index contributed by atoms with van der Waals surface area (Å²) in [5, 5.41) is 0. The van der Waals surface area contributed by atoms with Crippen molar-refractivity contribution in [2.75, 3.05) is 5.73 Å². The first-order chi connectivity index (χ1) is 7.29. The molecule has 1 aromatic rings. The summed E-state index contributed by atoms with van der Waals surface area (Å²) in [7, 11) is 0. The second-order valence-corrected chi connectivity index (χ2v) is 5.78. The molecule has 0 aromatic carbocycles. The highest BCUT2D eigenvalue weighted by Gasteiger charge is 2.17. The lowest BCUT2D eigenvalue weighted by Gasteiger charge is -2.18. The molecule has 0 aliphatic carbocycles. The highest BCUT2D eigenvalue weighted by molar-refractivity contribution is 5.32. The molecule has 0 spiro atoms. The van der Waals surface area contributed by atoms with Crippen LogP contribution < -0.4 is 5.73 Å². The van der Waals surface area contributed by atoms with Crippen molar-refractivity contribution in [3.05, 3.63) is 17.6 Å². The van der Waals surface area contributed by atoms with Crippen LogP contribution in [0.25, 0.3) is 0 Å². The van der Waals surface area contributed by atoms with E-state index in [1.165, 1.54) is 0 Å². The lowest BCUT2D eigenvalue weighted by Crippen LogP contribution is -2.16. The second-order valence-electron chi connectivity index (χ2n) is 5.78. The Morgan fingerprint density at radius 2 is 1.88 bits per heavy atom. The number of aromatic nitrogens is 2. The third-order valence-corrected chi connectivity index (χ3v) is 2.51. The van der Waals surface area contributed by atoms with Gasteiger partial charge < -0.3 is 5.73 Å². The average molecular weight is 221 g/mol. The van der Waals surface area contributed by atoms with Gasteiger partial charge in [-0.05, 0) is 12.3 Å². The van der Waals surface area contributed by atoms with E-state index in [1.54, 1.807) is 0 Å². The molecule has 90 valence electrons. The van der Waals surface area contributed by atoms with E-state index in [4.69, 9.17) is 5.73 Å². The topological polar surface area (TPSA) is 51.8 Å². The van der Waals surface area contributed by atoms with Crippen LogP contribution in [-0.2, 0) is 11.8 Å². The number of nitrogens with zero attached hydrogens (tertiary/aromatic N) is 2. The van der Waals surface area contributed by atoms with E-state index >= 15 is 0 Å². The second kappa shape index (κ2) is 4.81. The molecule has 2 N–H and O–H groups in total. The van der Waals surface area contributed by atoms with E-state index in [9.17, 15) is 0 Å². The van der Waals surface area contributed by atoms with Gasteiger partial charge >= 0.3 is 0 Å². The van der Waals surface area contributed by atoms with Crippen molar-refractivity contribution in [2.24, 2.45) is 5.92 Å². The Kier molecular flexibility index (Phi) is 3.89. The molecular weight excluding hydrogens is 198 g/mol. The van der Waals surface area contributed by atoms with Crippen molar-refractivity contribution >= 4 is 5.82 Å². The van der Waals surface area contributed by atoms with Gasteiger partial charge in [-0.25, -0.2) is 9.97 Å². The van der Waals surface area contributed by atoms with Gasteiger partial charge in [-0.3, -0.25) is 0 Å². The first-order valence-electron chi connectivity index (χ1n) is 5.93. The molecule has 0 bridgehead atoms. The highest BCUT2D eigenvalue weighted by atomic mass is 14.9. The molecule has 0 radical (unpaired) electrons. The Hall–Kier alpha value is -1.12. The molecule has 0 atom stereocenters. The number of hydrogen-bond donors (Lipinski definition) is 1. The zero-order chi connectivity index (χ0) is 12.3. The van der Waals surface area contributed by atoms with Gasteiger partial charge in [0.05, 0.1) is 5.69 Å². The van der Waals surface area contributed by atoms with Gasteiger partial charge in [-0.2, -0.15) is 0 Å². The molecule has 0 fully saturated rings. The van der Waals surface area contributed by atoms with Crippen LogP contribution in [0.4, 0.5) is 5.82 Å². The van der Waals surface area contributed by atoms with Crippen LogP contribution in [0, 0.1) is 5.92 Å². The molecule has 0 amide bonds. The van der Waals surface area contributed by atoms with Crippen LogP contribution >= 0.6 is 0 Å². The summed E-state index contributed by atoms with van der Waals surface area (Å²) in [5.74, 6) is 2.13. The molecule has 0 aliphatic rings. The predicted octanol–water partition coefficient (Wildman–Crippen LogP) is 2.94. The summed E-state index contributed by atoms with van der Waals surface area (Å²) in [6.07, 6.45) is 2.01. The number of aryl methyl sites for hydroxylation is 1. The Labute approximate surface area is 98.5 Å². The van der Waals surface area contributed by atoms with Crippen molar-refractivity contribution in [3.8, 4) is 0 Å². The van der Waals surface area contributed by atoms with Gasteiger partial charge in [0.15, 0.2) is 0 Å². The van der Waals surface area contributed by atoms with Crippen molar-refractivity contribution in [1.29, 1.82) is 0 Å². The molecule has 1 aromatic heterocycles.